The number of halogens is 4. The lowest BCUT2D eigenvalue weighted by Crippen LogP contribution is -2.42. The Morgan fingerprint density at radius 1 is 1.10 bits per heavy atom. The molecule has 1 atom stereocenters. The van der Waals surface area contributed by atoms with Gasteiger partial charge in [0.2, 0.25) is 0 Å². The molecule has 0 saturated carbocycles. The summed E-state index contributed by atoms with van der Waals surface area (Å²) in [5.74, 6) is -0.701. The monoisotopic (exact) mass is 603 g/mol. The molecule has 1 aromatic heterocycles. The van der Waals surface area contributed by atoms with Crippen LogP contribution in [0, 0.1) is 5.41 Å². The van der Waals surface area contributed by atoms with Gasteiger partial charge in [0.1, 0.15) is 0 Å². The van der Waals surface area contributed by atoms with Gasteiger partial charge in [0.05, 0.1) is 27.9 Å². The fraction of sp³-hybridized carbons (Fsp3) is 0.448. The van der Waals surface area contributed by atoms with Gasteiger partial charge in [-0.25, -0.2) is 0 Å². The number of amides is 2. The highest BCUT2D eigenvalue weighted by molar-refractivity contribution is 7.03. The number of hydrogen-bond donors (Lipinski definition) is 1. The van der Waals surface area contributed by atoms with Crippen LogP contribution >= 0.6 is 23.1 Å². The Morgan fingerprint density at radius 2 is 1.88 bits per heavy atom. The molecule has 2 saturated heterocycles. The van der Waals surface area contributed by atoms with E-state index in [1.165, 1.54) is 11.5 Å². The minimum absolute atomic E-state index is 0.0291. The maximum absolute atomic E-state index is 13.6. The van der Waals surface area contributed by atoms with E-state index in [4.69, 9.17) is 11.6 Å². The van der Waals surface area contributed by atoms with Gasteiger partial charge >= 0.3 is 6.18 Å². The average molecular weight is 604 g/mol. The highest BCUT2D eigenvalue weighted by Gasteiger charge is 2.42. The number of carbonyl (C=O) groups is 2. The van der Waals surface area contributed by atoms with E-state index < -0.39 is 23.7 Å². The molecule has 7 nitrogen and oxygen atoms in total. The van der Waals surface area contributed by atoms with Crippen LogP contribution in [0.3, 0.4) is 0 Å². The van der Waals surface area contributed by atoms with Crippen LogP contribution in [0.5, 0.6) is 0 Å². The summed E-state index contributed by atoms with van der Waals surface area (Å²) >= 11 is 7.45. The van der Waals surface area contributed by atoms with Gasteiger partial charge in [-0.05, 0) is 104 Å². The van der Waals surface area contributed by atoms with E-state index in [-0.39, 0.29) is 21.9 Å². The third kappa shape index (κ3) is 5.85. The lowest BCUT2D eigenvalue weighted by atomic mass is 9.78. The van der Waals surface area contributed by atoms with Gasteiger partial charge in [-0.15, -0.1) is 5.10 Å². The number of aryl methyl sites for hydroxylation is 1. The highest BCUT2D eigenvalue weighted by Crippen LogP contribution is 2.41. The molecule has 6 rings (SSSR count). The van der Waals surface area contributed by atoms with Crippen LogP contribution in [0.25, 0.3) is 0 Å². The summed E-state index contributed by atoms with van der Waals surface area (Å²) in [5, 5.41) is 8.92. The van der Waals surface area contributed by atoms with Crippen LogP contribution in [0.1, 0.15) is 74.8 Å². The van der Waals surface area contributed by atoms with Crippen molar-refractivity contribution in [2.45, 2.75) is 50.9 Å². The number of nitrogens with zero attached hydrogens (tertiary/aromatic N) is 4. The number of aromatic nitrogens is 2. The zero-order valence-electron chi connectivity index (χ0n) is 22.2. The second-order valence-electron chi connectivity index (χ2n) is 11.3. The molecule has 2 fully saturated rings. The van der Waals surface area contributed by atoms with E-state index in [0.717, 1.165) is 80.5 Å². The zero-order chi connectivity index (χ0) is 28.8. The molecule has 216 valence electrons. The number of fused-ring (bicyclic) bond motifs is 1. The molecule has 3 aromatic rings. The zero-order valence-corrected chi connectivity index (χ0v) is 23.8. The highest BCUT2D eigenvalue weighted by atomic mass is 35.5. The van der Waals surface area contributed by atoms with Crippen molar-refractivity contribution in [2.75, 3.05) is 26.2 Å². The summed E-state index contributed by atoms with van der Waals surface area (Å²) in [6.45, 7) is 4.18. The molecule has 2 aliphatic heterocycles. The molecule has 1 spiro atoms. The van der Waals surface area contributed by atoms with Crippen molar-refractivity contribution in [3.63, 3.8) is 0 Å². The van der Waals surface area contributed by atoms with Gasteiger partial charge in [0, 0.05) is 30.6 Å². The lowest BCUT2D eigenvalue weighted by Gasteiger charge is -2.39. The molecule has 2 aromatic carbocycles. The normalized spacial score (nSPS) is 20.4. The first-order valence-electron chi connectivity index (χ1n) is 13.7. The number of alkyl halides is 3. The van der Waals surface area contributed by atoms with Gasteiger partial charge in [-0.2, -0.15) is 13.2 Å². The topological polar surface area (TPSA) is 78.4 Å². The average Bonchev–Trinajstić information content (AvgIpc) is 3.70. The van der Waals surface area contributed by atoms with E-state index in [1.54, 1.807) is 0 Å². The fourth-order valence-corrected chi connectivity index (χ4v) is 7.01. The van der Waals surface area contributed by atoms with E-state index in [1.807, 2.05) is 28.5 Å². The van der Waals surface area contributed by atoms with Crippen molar-refractivity contribution in [3.8, 4) is 0 Å². The van der Waals surface area contributed by atoms with Crippen LogP contribution in [-0.2, 0) is 19.1 Å². The molecule has 3 heterocycles. The maximum Gasteiger partial charge on any atom is 0.416 e. The predicted octanol–water partition coefficient (Wildman–Crippen LogP) is 5.76. The largest absolute Gasteiger partial charge is 0.416 e. The van der Waals surface area contributed by atoms with Crippen molar-refractivity contribution in [2.24, 2.45) is 5.41 Å². The smallest absolute Gasteiger partial charge is 0.345 e. The summed E-state index contributed by atoms with van der Waals surface area (Å²) in [5.41, 5.74) is 2.37. The van der Waals surface area contributed by atoms with E-state index >= 15 is 0 Å². The number of rotatable bonds is 5. The molecule has 3 aliphatic rings. The van der Waals surface area contributed by atoms with Crippen LogP contribution in [-0.4, -0.2) is 57.4 Å². The number of nitrogens with one attached hydrogen (secondary N) is 1. The summed E-state index contributed by atoms with van der Waals surface area (Å²) in [4.78, 5) is 30.9. The quantitative estimate of drug-likeness (QED) is 0.401. The van der Waals surface area contributed by atoms with Crippen molar-refractivity contribution >= 4 is 34.9 Å². The molecular formula is C29H29ClF3N5O2S. The van der Waals surface area contributed by atoms with E-state index in [0.29, 0.717) is 24.9 Å². The molecule has 41 heavy (non-hydrogen) atoms. The Hall–Kier alpha value is -3.02. The molecule has 0 bridgehead atoms. The van der Waals surface area contributed by atoms with E-state index in [9.17, 15) is 22.8 Å². The standard InChI is InChI=1S/C29H29ClF3N5O2S/c30-24-5-4-20(29(31,32)33)14-23(24)26(39)34-25-6-3-18-1-2-19(13-22(18)25)27(40)38-12-9-28(17-38)7-10-37(11-8-28)15-21-16-41-36-35-21/h1-2,4-5,13-14,16,25H,3,6-12,15,17H2,(H,34,39). The van der Waals surface area contributed by atoms with Gasteiger partial charge < -0.3 is 10.2 Å². The first-order chi connectivity index (χ1) is 19.6. The Labute approximate surface area is 244 Å². The minimum Gasteiger partial charge on any atom is -0.345 e. The molecule has 1 unspecified atom stereocenters. The van der Waals surface area contributed by atoms with Crippen molar-refractivity contribution in [1.82, 2.24) is 24.7 Å². The van der Waals surface area contributed by atoms with Gasteiger partial charge in [0.15, 0.2) is 0 Å². The summed E-state index contributed by atoms with van der Waals surface area (Å²) in [7, 11) is 0. The molecule has 0 radical (unpaired) electrons. The number of likely N-dealkylation sites (tertiary alicyclic amines) is 2. The van der Waals surface area contributed by atoms with Crippen LogP contribution < -0.4 is 5.32 Å². The van der Waals surface area contributed by atoms with Crippen LogP contribution in [0.15, 0.2) is 41.8 Å². The molecule has 2 amide bonds. The third-order valence-electron chi connectivity index (χ3n) is 8.75. The summed E-state index contributed by atoms with van der Waals surface area (Å²) in [6.07, 6.45) is -0.248. The third-order valence-corrected chi connectivity index (χ3v) is 9.63. The van der Waals surface area contributed by atoms with Gasteiger partial charge in [0.25, 0.3) is 11.8 Å². The first-order valence-corrected chi connectivity index (χ1v) is 14.9. The number of piperidine rings is 1. The van der Waals surface area contributed by atoms with Crippen LogP contribution in [0.2, 0.25) is 5.02 Å². The summed E-state index contributed by atoms with van der Waals surface area (Å²) < 4.78 is 43.5. The molecule has 1 aliphatic carbocycles. The second kappa shape index (κ2) is 11.0. The fourth-order valence-electron chi connectivity index (χ4n) is 6.36. The van der Waals surface area contributed by atoms with E-state index in [2.05, 4.69) is 19.8 Å². The Morgan fingerprint density at radius 3 is 2.61 bits per heavy atom. The molecular weight excluding hydrogens is 575 g/mol. The second-order valence-corrected chi connectivity index (χ2v) is 12.3. The Kier molecular flexibility index (Phi) is 7.54. The van der Waals surface area contributed by atoms with Crippen LogP contribution in [0.4, 0.5) is 13.2 Å². The maximum atomic E-state index is 13.6. The number of carbonyl (C=O) groups excluding carboxylic acids is 2. The summed E-state index contributed by atoms with van der Waals surface area (Å²) in [6, 6.07) is 7.89. The van der Waals surface area contributed by atoms with Crippen molar-refractivity contribution < 1.29 is 22.8 Å². The Balaban J connectivity index is 1.11. The molecule has 1 N–H and O–H groups in total. The predicted molar refractivity (Wildman–Crippen MR) is 149 cm³/mol. The minimum atomic E-state index is -4.58. The lowest BCUT2D eigenvalue weighted by molar-refractivity contribution is -0.137. The van der Waals surface area contributed by atoms with Gasteiger partial charge in [-0.1, -0.05) is 22.2 Å². The number of hydrogen-bond acceptors (Lipinski definition) is 6. The molecule has 12 heteroatoms. The number of benzene rings is 2. The van der Waals surface area contributed by atoms with Gasteiger partial charge in [-0.3, -0.25) is 14.5 Å². The van der Waals surface area contributed by atoms with Crippen molar-refractivity contribution in [1.29, 1.82) is 0 Å². The SMILES string of the molecule is O=C(NC1CCc2ccc(C(=O)N3CCC4(CCN(Cc5csnn5)CC4)C3)cc21)c1cc(C(F)(F)F)ccc1Cl. The van der Waals surface area contributed by atoms with Crippen molar-refractivity contribution in [3.05, 3.63) is 80.3 Å². The first kappa shape index (κ1) is 28.1. The Bertz CT molecular complexity index is 1460.